The number of hydrogen-bond donors (Lipinski definition) is 1. The third-order valence-electron chi connectivity index (χ3n) is 5.55. The normalized spacial score (nSPS) is 15.8. The molecule has 1 fully saturated rings. The smallest absolute Gasteiger partial charge is 0.243 e. The number of benzene rings is 2. The van der Waals surface area contributed by atoms with E-state index in [-0.39, 0.29) is 12.5 Å². The average Bonchev–Trinajstić information content (AvgIpc) is 2.74. The molecule has 0 unspecified atom stereocenters. The Morgan fingerprint density at radius 1 is 0.968 bits per heavy atom. The Bertz CT molecular complexity index is 978. The van der Waals surface area contributed by atoms with Gasteiger partial charge in [0.25, 0.3) is 0 Å². The minimum absolute atomic E-state index is 0.0989. The molecule has 1 aliphatic rings. The van der Waals surface area contributed by atoms with E-state index in [1.807, 2.05) is 60.3 Å². The minimum Gasteiger partial charge on any atom is -0.378 e. The van der Waals surface area contributed by atoms with Crippen LogP contribution in [0.15, 0.2) is 53.4 Å². The Kier molecular flexibility index (Phi) is 7.35. The lowest BCUT2D eigenvalue weighted by molar-refractivity contribution is -0.117. The lowest BCUT2D eigenvalue weighted by atomic mass is 10.0. The van der Waals surface area contributed by atoms with Crippen molar-refractivity contribution in [3.8, 4) is 0 Å². The first-order valence-corrected chi connectivity index (χ1v) is 12.0. The summed E-state index contributed by atoms with van der Waals surface area (Å²) in [7, 11) is 0.419. The highest BCUT2D eigenvalue weighted by Gasteiger charge is 2.29. The molecule has 0 spiro atoms. The van der Waals surface area contributed by atoms with Crippen molar-refractivity contribution in [3.05, 3.63) is 54.1 Å². The summed E-state index contributed by atoms with van der Waals surface area (Å²) in [4.78, 5) is 16.7. The molecule has 7 nitrogen and oxygen atoms in total. The maximum Gasteiger partial charge on any atom is 0.243 e. The van der Waals surface area contributed by atoms with E-state index in [4.69, 9.17) is 0 Å². The second-order valence-electron chi connectivity index (χ2n) is 8.39. The van der Waals surface area contributed by atoms with Crippen LogP contribution in [0.25, 0.3) is 0 Å². The number of carbonyl (C=O) groups excluding carboxylic acids is 1. The molecule has 0 aromatic heterocycles. The van der Waals surface area contributed by atoms with E-state index in [2.05, 4.69) is 19.2 Å². The number of sulfonamides is 1. The van der Waals surface area contributed by atoms with Crippen molar-refractivity contribution in [1.29, 1.82) is 0 Å². The van der Waals surface area contributed by atoms with Gasteiger partial charge >= 0.3 is 0 Å². The first-order valence-electron chi connectivity index (χ1n) is 10.6. The van der Waals surface area contributed by atoms with E-state index < -0.39 is 10.0 Å². The number of amides is 1. The summed E-state index contributed by atoms with van der Waals surface area (Å²) in [5.41, 5.74) is 2.93. The molecule has 168 valence electrons. The van der Waals surface area contributed by atoms with Gasteiger partial charge in [0.2, 0.25) is 15.9 Å². The molecule has 1 saturated heterocycles. The third kappa shape index (κ3) is 5.84. The Hall–Kier alpha value is -2.42. The van der Waals surface area contributed by atoms with Crippen LogP contribution in [0.4, 0.5) is 11.4 Å². The molecule has 1 N–H and O–H groups in total. The first kappa shape index (κ1) is 23.2. The second kappa shape index (κ2) is 9.80. The van der Waals surface area contributed by atoms with Crippen LogP contribution in [0.2, 0.25) is 0 Å². The quantitative estimate of drug-likeness (QED) is 0.711. The maximum absolute atomic E-state index is 12.9. The second-order valence-corrected chi connectivity index (χ2v) is 10.3. The monoisotopic (exact) mass is 444 g/mol. The van der Waals surface area contributed by atoms with Crippen molar-refractivity contribution in [2.45, 2.75) is 24.7 Å². The molecule has 1 amide bonds. The van der Waals surface area contributed by atoms with Crippen LogP contribution in [0.5, 0.6) is 0 Å². The first-order chi connectivity index (χ1) is 14.7. The third-order valence-corrected chi connectivity index (χ3v) is 7.46. The predicted molar refractivity (Wildman–Crippen MR) is 125 cm³/mol. The number of nitrogens with zero attached hydrogens (tertiary/aromatic N) is 3. The van der Waals surface area contributed by atoms with Crippen LogP contribution in [0.3, 0.4) is 0 Å². The standard InChI is InChI=1S/C23H32N4O3S/c1-18(2)19-5-11-22(12-6-19)31(29,30)27-15-13-26(14-16-27)17-23(28)24-20-7-9-21(10-8-20)25(3)4/h5-12,18H,13-17H2,1-4H3,(H,24,28). The summed E-state index contributed by atoms with van der Waals surface area (Å²) in [6, 6.07) is 14.8. The topological polar surface area (TPSA) is 73.0 Å². The molecular formula is C23H32N4O3S. The zero-order chi connectivity index (χ0) is 22.6. The Labute approximate surface area is 185 Å². The van der Waals surface area contributed by atoms with Crippen molar-refractivity contribution >= 4 is 27.3 Å². The van der Waals surface area contributed by atoms with E-state index in [0.29, 0.717) is 37.0 Å². The lowest BCUT2D eigenvalue weighted by Gasteiger charge is -2.33. The van der Waals surface area contributed by atoms with Crippen LogP contribution in [-0.4, -0.2) is 70.3 Å². The van der Waals surface area contributed by atoms with Crippen molar-refractivity contribution < 1.29 is 13.2 Å². The highest BCUT2D eigenvalue weighted by molar-refractivity contribution is 7.89. The molecule has 2 aromatic rings. The predicted octanol–water partition coefficient (Wildman–Crippen LogP) is 2.82. The fourth-order valence-corrected chi connectivity index (χ4v) is 4.97. The van der Waals surface area contributed by atoms with Crippen molar-refractivity contribution in [2.24, 2.45) is 0 Å². The largest absolute Gasteiger partial charge is 0.378 e. The van der Waals surface area contributed by atoms with Gasteiger partial charge < -0.3 is 10.2 Å². The van der Waals surface area contributed by atoms with Crippen LogP contribution >= 0.6 is 0 Å². The van der Waals surface area contributed by atoms with E-state index in [1.54, 1.807) is 12.1 Å². The highest BCUT2D eigenvalue weighted by Crippen LogP contribution is 2.21. The van der Waals surface area contributed by atoms with Gasteiger partial charge in [-0.1, -0.05) is 26.0 Å². The van der Waals surface area contributed by atoms with E-state index in [9.17, 15) is 13.2 Å². The van der Waals surface area contributed by atoms with Gasteiger partial charge in [0.1, 0.15) is 0 Å². The molecule has 1 aliphatic heterocycles. The molecule has 8 heteroatoms. The average molecular weight is 445 g/mol. The zero-order valence-corrected chi connectivity index (χ0v) is 19.5. The van der Waals surface area contributed by atoms with Gasteiger partial charge in [-0.15, -0.1) is 0 Å². The number of carbonyl (C=O) groups is 1. The zero-order valence-electron chi connectivity index (χ0n) is 18.7. The fraction of sp³-hybridized carbons (Fsp3) is 0.435. The maximum atomic E-state index is 12.9. The van der Waals surface area contributed by atoms with Gasteiger partial charge in [-0.3, -0.25) is 9.69 Å². The molecule has 0 saturated carbocycles. The van der Waals surface area contributed by atoms with Crippen molar-refractivity contribution in [1.82, 2.24) is 9.21 Å². The number of nitrogens with one attached hydrogen (secondary N) is 1. The summed E-state index contributed by atoms with van der Waals surface area (Å²) in [6.45, 7) is 6.20. The Morgan fingerprint density at radius 3 is 2.06 bits per heavy atom. The van der Waals surface area contributed by atoms with Crippen molar-refractivity contribution in [3.63, 3.8) is 0 Å². The number of rotatable bonds is 7. The van der Waals surface area contributed by atoms with E-state index in [0.717, 1.165) is 16.9 Å². The van der Waals surface area contributed by atoms with E-state index >= 15 is 0 Å². The summed E-state index contributed by atoms with van der Waals surface area (Å²) in [5.74, 6) is 0.260. The van der Waals surface area contributed by atoms with Crippen LogP contribution in [0.1, 0.15) is 25.3 Å². The molecule has 0 atom stereocenters. The number of hydrogen-bond acceptors (Lipinski definition) is 5. The van der Waals surface area contributed by atoms with Gasteiger partial charge in [-0.05, 0) is 47.9 Å². The van der Waals surface area contributed by atoms with Gasteiger partial charge in [-0.2, -0.15) is 4.31 Å². The van der Waals surface area contributed by atoms with Crippen molar-refractivity contribution in [2.75, 3.05) is 57.0 Å². The molecule has 0 radical (unpaired) electrons. The molecule has 0 aliphatic carbocycles. The molecule has 1 heterocycles. The lowest BCUT2D eigenvalue weighted by Crippen LogP contribution is -2.50. The number of anilines is 2. The fourth-order valence-electron chi connectivity index (χ4n) is 3.55. The molecule has 3 rings (SSSR count). The SMILES string of the molecule is CC(C)c1ccc(S(=O)(=O)N2CCN(CC(=O)Nc3ccc(N(C)C)cc3)CC2)cc1. The van der Waals surface area contributed by atoms with Gasteiger partial charge in [-0.25, -0.2) is 8.42 Å². The highest BCUT2D eigenvalue weighted by atomic mass is 32.2. The van der Waals surface area contributed by atoms with Gasteiger partial charge in [0.05, 0.1) is 11.4 Å². The Balaban J connectivity index is 1.52. The van der Waals surface area contributed by atoms with Crippen LogP contribution < -0.4 is 10.2 Å². The summed E-state index contributed by atoms with van der Waals surface area (Å²) in [6.07, 6.45) is 0. The number of piperazine rings is 1. The minimum atomic E-state index is -3.51. The van der Waals surface area contributed by atoms with E-state index in [1.165, 1.54) is 4.31 Å². The summed E-state index contributed by atoms with van der Waals surface area (Å²) in [5, 5.41) is 2.91. The van der Waals surface area contributed by atoms with Gasteiger partial charge in [0.15, 0.2) is 0 Å². The van der Waals surface area contributed by atoms with Crippen LogP contribution in [-0.2, 0) is 14.8 Å². The van der Waals surface area contributed by atoms with Crippen LogP contribution in [0, 0.1) is 0 Å². The molecular weight excluding hydrogens is 412 g/mol. The molecule has 0 bridgehead atoms. The summed E-state index contributed by atoms with van der Waals surface area (Å²) >= 11 is 0. The Morgan fingerprint density at radius 2 is 1.55 bits per heavy atom. The molecule has 2 aromatic carbocycles. The molecule has 31 heavy (non-hydrogen) atoms. The summed E-state index contributed by atoms with van der Waals surface area (Å²) < 4.78 is 27.4. The van der Waals surface area contributed by atoms with Gasteiger partial charge in [0, 0.05) is 51.6 Å².